The number of hydrogen-bond donors (Lipinski definition) is 1. The van der Waals surface area contributed by atoms with E-state index in [0.29, 0.717) is 10.8 Å². The van der Waals surface area contributed by atoms with Gasteiger partial charge >= 0.3 is 5.97 Å². The SMILES string of the molecule is COc1cc(Cl)cc(C(=O)O)c1OC1CCCCCC1. The molecule has 0 aromatic heterocycles. The summed E-state index contributed by atoms with van der Waals surface area (Å²) >= 11 is 5.91. The smallest absolute Gasteiger partial charge is 0.339 e. The molecular weight excluding hydrogens is 280 g/mol. The maximum atomic E-state index is 11.4. The van der Waals surface area contributed by atoms with Crippen LogP contribution in [0.15, 0.2) is 12.1 Å². The predicted molar refractivity (Wildman–Crippen MR) is 77.1 cm³/mol. The van der Waals surface area contributed by atoms with E-state index in [1.165, 1.54) is 26.0 Å². The number of carbonyl (C=O) groups is 1. The van der Waals surface area contributed by atoms with Crippen molar-refractivity contribution in [2.75, 3.05) is 7.11 Å². The maximum Gasteiger partial charge on any atom is 0.339 e. The molecule has 1 saturated carbocycles. The standard InChI is InChI=1S/C15H19ClO4/c1-19-13-9-10(16)8-12(15(17)18)14(13)20-11-6-4-2-3-5-7-11/h8-9,11H,2-7H2,1H3,(H,17,18). The Kier molecular flexibility index (Phi) is 5.12. The first-order valence-corrected chi connectivity index (χ1v) is 7.27. The largest absolute Gasteiger partial charge is 0.493 e. The number of carboxylic acid groups (broad SMARTS) is 1. The topological polar surface area (TPSA) is 55.8 Å². The average molecular weight is 299 g/mol. The van der Waals surface area contributed by atoms with E-state index in [4.69, 9.17) is 21.1 Å². The monoisotopic (exact) mass is 298 g/mol. The second kappa shape index (κ2) is 6.84. The van der Waals surface area contributed by atoms with Crippen LogP contribution in [0.25, 0.3) is 0 Å². The number of hydrogen-bond acceptors (Lipinski definition) is 3. The van der Waals surface area contributed by atoms with Crippen LogP contribution in [0.2, 0.25) is 5.02 Å². The van der Waals surface area contributed by atoms with Gasteiger partial charge in [-0.2, -0.15) is 0 Å². The van der Waals surface area contributed by atoms with Crippen LogP contribution in [-0.4, -0.2) is 24.3 Å². The quantitative estimate of drug-likeness (QED) is 0.848. The molecule has 0 spiro atoms. The van der Waals surface area contributed by atoms with E-state index >= 15 is 0 Å². The summed E-state index contributed by atoms with van der Waals surface area (Å²) in [6.07, 6.45) is 6.60. The van der Waals surface area contributed by atoms with Gasteiger partial charge in [0.05, 0.1) is 13.2 Å². The van der Waals surface area contributed by atoms with Gasteiger partial charge in [-0.3, -0.25) is 0 Å². The summed E-state index contributed by atoms with van der Waals surface area (Å²) in [7, 11) is 1.48. The fourth-order valence-electron chi connectivity index (χ4n) is 2.53. The average Bonchev–Trinajstić information content (AvgIpc) is 2.68. The summed E-state index contributed by atoms with van der Waals surface area (Å²) in [5, 5.41) is 9.63. The van der Waals surface area contributed by atoms with E-state index in [9.17, 15) is 9.90 Å². The minimum Gasteiger partial charge on any atom is -0.493 e. The Morgan fingerprint density at radius 3 is 2.45 bits per heavy atom. The third-order valence-electron chi connectivity index (χ3n) is 3.56. The number of ether oxygens (including phenoxy) is 2. The Labute approximate surface area is 123 Å². The van der Waals surface area contributed by atoms with Gasteiger partial charge in [0.1, 0.15) is 5.56 Å². The third-order valence-corrected chi connectivity index (χ3v) is 3.77. The van der Waals surface area contributed by atoms with Crippen molar-refractivity contribution in [1.29, 1.82) is 0 Å². The summed E-state index contributed by atoms with van der Waals surface area (Å²) in [4.78, 5) is 11.4. The number of halogens is 1. The molecule has 0 amide bonds. The highest BCUT2D eigenvalue weighted by molar-refractivity contribution is 6.31. The first-order chi connectivity index (χ1) is 9.61. The van der Waals surface area contributed by atoms with Gasteiger partial charge < -0.3 is 14.6 Å². The number of methoxy groups -OCH3 is 1. The lowest BCUT2D eigenvalue weighted by Gasteiger charge is -2.20. The minimum absolute atomic E-state index is 0.0469. The van der Waals surface area contributed by atoms with E-state index in [-0.39, 0.29) is 17.4 Å². The summed E-state index contributed by atoms with van der Waals surface area (Å²) in [5.41, 5.74) is 0.0543. The molecule has 0 atom stereocenters. The molecule has 0 radical (unpaired) electrons. The summed E-state index contributed by atoms with van der Waals surface area (Å²) < 4.78 is 11.2. The maximum absolute atomic E-state index is 11.4. The number of rotatable bonds is 4. The van der Waals surface area contributed by atoms with Gasteiger partial charge in [0.25, 0.3) is 0 Å². The highest BCUT2D eigenvalue weighted by atomic mass is 35.5. The molecule has 1 fully saturated rings. The lowest BCUT2D eigenvalue weighted by atomic mass is 10.1. The molecule has 1 N–H and O–H groups in total. The molecule has 0 heterocycles. The van der Waals surface area contributed by atoms with Gasteiger partial charge in [-0.05, 0) is 31.7 Å². The number of carboxylic acids is 1. The molecule has 2 rings (SSSR count). The Hall–Kier alpha value is -1.42. The highest BCUT2D eigenvalue weighted by Gasteiger charge is 2.22. The number of benzene rings is 1. The van der Waals surface area contributed by atoms with Crippen molar-refractivity contribution >= 4 is 17.6 Å². The molecule has 1 aromatic carbocycles. The fourth-order valence-corrected chi connectivity index (χ4v) is 2.74. The van der Waals surface area contributed by atoms with Crippen LogP contribution in [0.1, 0.15) is 48.9 Å². The van der Waals surface area contributed by atoms with Gasteiger partial charge in [-0.15, -0.1) is 0 Å². The fraction of sp³-hybridized carbons (Fsp3) is 0.533. The van der Waals surface area contributed by atoms with Crippen LogP contribution in [0.4, 0.5) is 0 Å². The molecule has 0 unspecified atom stereocenters. The van der Waals surface area contributed by atoms with E-state index in [1.54, 1.807) is 6.07 Å². The first-order valence-electron chi connectivity index (χ1n) is 6.89. The third kappa shape index (κ3) is 3.57. The molecule has 0 saturated heterocycles. The molecule has 1 aliphatic carbocycles. The number of aromatic carboxylic acids is 1. The van der Waals surface area contributed by atoms with Gasteiger partial charge in [-0.1, -0.05) is 24.4 Å². The van der Waals surface area contributed by atoms with Crippen molar-refractivity contribution in [3.63, 3.8) is 0 Å². The zero-order chi connectivity index (χ0) is 14.5. The van der Waals surface area contributed by atoms with E-state index < -0.39 is 5.97 Å². The summed E-state index contributed by atoms with van der Waals surface area (Å²) in [6, 6.07) is 2.98. The van der Waals surface area contributed by atoms with Crippen LogP contribution in [0.5, 0.6) is 11.5 Å². The van der Waals surface area contributed by atoms with Crippen molar-refractivity contribution in [2.45, 2.75) is 44.6 Å². The van der Waals surface area contributed by atoms with Crippen molar-refractivity contribution in [1.82, 2.24) is 0 Å². The van der Waals surface area contributed by atoms with E-state index in [0.717, 1.165) is 25.7 Å². The molecule has 5 heteroatoms. The van der Waals surface area contributed by atoms with Crippen LogP contribution < -0.4 is 9.47 Å². The van der Waals surface area contributed by atoms with E-state index in [1.807, 2.05) is 0 Å². The lowest BCUT2D eigenvalue weighted by molar-refractivity contribution is 0.0686. The van der Waals surface area contributed by atoms with Gasteiger partial charge in [0.15, 0.2) is 11.5 Å². The lowest BCUT2D eigenvalue weighted by Crippen LogP contribution is -2.17. The zero-order valence-corrected chi connectivity index (χ0v) is 12.3. The van der Waals surface area contributed by atoms with Gasteiger partial charge in [-0.25, -0.2) is 4.79 Å². The molecule has 110 valence electrons. The van der Waals surface area contributed by atoms with Crippen LogP contribution in [0, 0.1) is 0 Å². The van der Waals surface area contributed by atoms with Gasteiger partial charge in [0.2, 0.25) is 0 Å². The molecular formula is C15H19ClO4. The van der Waals surface area contributed by atoms with Crippen molar-refractivity contribution in [3.8, 4) is 11.5 Å². The highest BCUT2D eigenvalue weighted by Crippen LogP contribution is 2.37. The van der Waals surface area contributed by atoms with Crippen LogP contribution in [-0.2, 0) is 0 Å². The Balaban J connectivity index is 2.30. The predicted octanol–water partition coefficient (Wildman–Crippen LogP) is 4.15. The van der Waals surface area contributed by atoms with Crippen molar-refractivity contribution < 1.29 is 19.4 Å². The van der Waals surface area contributed by atoms with Crippen LogP contribution in [0.3, 0.4) is 0 Å². The molecule has 4 nitrogen and oxygen atoms in total. The zero-order valence-electron chi connectivity index (χ0n) is 11.5. The second-order valence-electron chi connectivity index (χ2n) is 5.02. The van der Waals surface area contributed by atoms with E-state index in [2.05, 4.69) is 0 Å². The summed E-state index contributed by atoms with van der Waals surface area (Å²) in [6.45, 7) is 0. The Morgan fingerprint density at radius 1 is 1.25 bits per heavy atom. The molecule has 0 aliphatic heterocycles. The van der Waals surface area contributed by atoms with Crippen LogP contribution >= 0.6 is 11.6 Å². The first kappa shape index (κ1) is 15.0. The molecule has 1 aromatic rings. The molecule has 1 aliphatic rings. The minimum atomic E-state index is -1.06. The van der Waals surface area contributed by atoms with Crippen molar-refractivity contribution in [3.05, 3.63) is 22.7 Å². The summed E-state index contributed by atoms with van der Waals surface area (Å²) in [5.74, 6) is -0.398. The molecule has 20 heavy (non-hydrogen) atoms. The second-order valence-corrected chi connectivity index (χ2v) is 5.46. The normalized spacial score (nSPS) is 16.5. The molecule has 0 bridgehead atoms. The Morgan fingerprint density at radius 2 is 1.90 bits per heavy atom. The Bertz CT molecular complexity index is 479. The van der Waals surface area contributed by atoms with Gasteiger partial charge in [0, 0.05) is 11.1 Å². The van der Waals surface area contributed by atoms with Crippen molar-refractivity contribution in [2.24, 2.45) is 0 Å².